The Hall–Kier alpha value is -1.26. The number of nitrogens with zero attached hydrogens (tertiary/aromatic N) is 1. The summed E-state index contributed by atoms with van der Waals surface area (Å²) in [6, 6.07) is 5.21. The van der Waals surface area contributed by atoms with Gasteiger partial charge in [-0.15, -0.1) is 0 Å². The Bertz CT molecular complexity index is 601. The van der Waals surface area contributed by atoms with Crippen LogP contribution in [0.2, 0.25) is 0 Å². The van der Waals surface area contributed by atoms with Crippen LogP contribution in [0.15, 0.2) is 18.2 Å². The average Bonchev–Trinajstić information content (AvgIpc) is 3.37. The number of phenols is 2. The van der Waals surface area contributed by atoms with E-state index in [2.05, 4.69) is 4.90 Å². The third kappa shape index (κ3) is 3.02. The Labute approximate surface area is 144 Å². The minimum Gasteiger partial charge on any atom is -0.504 e. The molecule has 0 radical (unpaired) electrons. The molecule has 0 amide bonds. The van der Waals surface area contributed by atoms with Crippen LogP contribution in [0, 0.1) is 11.8 Å². The second-order valence-corrected chi connectivity index (χ2v) is 8.20. The minimum absolute atomic E-state index is 0.0655. The molecule has 132 valence electrons. The quantitative estimate of drug-likeness (QED) is 0.742. The molecule has 0 bridgehead atoms. The highest BCUT2D eigenvalue weighted by Gasteiger charge is 2.50. The van der Waals surface area contributed by atoms with Crippen molar-refractivity contribution < 1.29 is 15.3 Å². The highest BCUT2D eigenvalue weighted by atomic mass is 16.3. The summed E-state index contributed by atoms with van der Waals surface area (Å²) in [5.74, 6) is 1.08. The number of likely N-dealkylation sites (tertiary alicyclic amines) is 1. The van der Waals surface area contributed by atoms with Crippen LogP contribution < -0.4 is 0 Å². The van der Waals surface area contributed by atoms with Gasteiger partial charge in [0.1, 0.15) is 0 Å². The first-order valence-corrected chi connectivity index (χ1v) is 9.53. The van der Waals surface area contributed by atoms with Crippen LogP contribution >= 0.6 is 0 Å². The lowest BCUT2D eigenvalue weighted by molar-refractivity contribution is -0.141. The minimum atomic E-state index is -0.598. The van der Waals surface area contributed by atoms with Gasteiger partial charge in [-0.1, -0.05) is 18.9 Å². The Morgan fingerprint density at radius 3 is 2.62 bits per heavy atom. The summed E-state index contributed by atoms with van der Waals surface area (Å²) in [5, 5.41) is 31.0. The normalized spacial score (nSPS) is 34.0. The lowest BCUT2D eigenvalue weighted by Gasteiger charge is -2.54. The summed E-state index contributed by atoms with van der Waals surface area (Å²) in [6.45, 7) is 2.18. The fourth-order valence-electron chi connectivity index (χ4n) is 4.96. The highest BCUT2D eigenvalue weighted by Crippen LogP contribution is 2.45. The predicted molar refractivity (Wildman–Crippen MR) is 93.1 cm³/mol. The first kappa shape index (κ1) is 16.2. The Morgan fingerprint density at radius 1 is 1.04 bits per heavy atom. The van der Waals surface area contributed by atoms with Crippen LogP contribution in [0.5, 0.6) is 11.5 Å². The van der Waals surface area contributed by atoms with Crippen molar-refractivity contribution >= 4 is 0 Å². The van der Waals surface area contributed by atoms with E-state index in [1.54, 1.807) is 12.1 Å². The molecule has 1 aliphatic heterocycles. The van der Waals surface area contributed by atoms with E-state index in [9.17, 15) is 15.3 Å². The lowest BCUT2D eigenvalue weighted by Crippen LogP contribution is -2.63. The van der Waals surface area contributed by atoms with Crippen molar-refractivity contribution in [2.75, 3.05) is 13.1 Å². The second-order valence-electron chi connectivity index (χ2n) is 8.20. The van der Waals surface area contributed by atoms with Crippen LogP contribution in [0.4, 0.5) is 0 Å². The van der Waals surface area contributed by atoms with Gasteiger partial charge in [-0.2, -0.15) is 0 Å². The van der Waals surface area contributed by atoms with E-state index in [1.807, 2.05) is 6.07 Å². The Balaban J connectivity index is 1.60. The van der Waals surface area contributed by atoms with Crippen molar-refractivity contribution in [2.45, 2.75) is 63.0 Å². The summed E-state index contributed by atoms with van der Waals surface area (Å²) in [4.78, 5) is 2.52. The maximum atomic E-state index is 11.6. The molecule has 3 unspecified atom stereocenters. The van der Waals surface area contributed by atoms with Gasteiger partial charge in [0, 0.05) is 12.6 Å². The van der Waals surface area contributed by atoms with Gasteiger partial charge in [0.2, 0.25) is 0 Å². The molecule has 0 aromatic heterocycles. The van der Waals surface area contributed by atoms with E-state index >= 15 is 0 Å². The maximum Gasteiger partial charge on any atom is 0.157 e. The topological polar surface area (TPSA) is 63.9 Å². The van der Waals surface area contributed by atoms with Gasteiger partial charge in [0.25, 0.3) is 0 Å². The summed E-state index contributed by atoms with van der Waals surface area (Å²) in [5.41, 5.74) is 0.398. The molecule has 3 N–H and O–H groups in total. The molecule has 1 heterocycles. The molecule has 3 atom stereocenters. The van der Waals surface area contributed by atoms with Crippen molar-refractivity contribution in [3.8, 4) is 11.5 Å². The molecule has 24 heavy (non-hydrogen) atoms. The number of hydrogen-bond acceptors (Lipinski definition) is 4. The molecule has 1 saturated heterocycles. The third-order valence-electron chi connectivity index (χ3n) is 6.53. The van der Waals surface area contributed by atoms with Gasteiger partial charge in [0.05, 0.1) is 5.60 Å². The zero-order valence-electron chi connectivity index (χ0n) is 14.3. The molecule has 1 aromatic carbocycles. The fraction of sp³-hybridized carbons (Fsp3) is 0.700. The average molecular weight is 331 g/mol. The monoisotopic (exact) mass is 331 g/mol. The van der Waals surface area contributed by atoms with Crippen molar-refractivity contribution in [2.24, 2.45) is 11.8 Å². The highest BCUT2D eigenvalue weighted by molar-refractivity contribution is 5.41. The van der Waals surface area contributed by atoms with Crippen molar-refractivity contribution in [3.63, 3.8) is 0 Å². The Morgan fingerprint density at radius 2 is 1.88 bits per heavy atom. The second kappa shape index (κ2) is 6.23. The lowest BCUT2D eigenvalue weighted by atomic mass is 9.66. The molecule has 0 spiro atoms. The number of rotatable bonds is 4. The molecule has 4 rings (SSSR count). The zero-order valence-corrected chi connectivity index (χ0v) is 14.3. The zero-order chi connectivity index (χ0) is 16.7. The summed E-state index contributed by atoms with van der Waals surface area (Å²) < 4.78 is 0. The van der Waals surface area contributed by atoms with Gasteiger partial charge in [-0.25, -0.2) is 0 Å². The van der Waals surface area contributed by atoms with Gasteiger partial charge in [-0.3, -0.25) is 4.90 Å². The van der Waals surface area contributed by atoms with Gasteiger partial charge < -0.3 is 15.3 Å². The molecular weight excluding hydrogens is 302 g/mol. The number of benzene rings is 1. The standard InChI is InChI=1S/C20H29NO3/c22-17-7-6-15(11-18(17)23)12-19-20(24)9-2-1-3-16(20)8-10-21(19)13-14-4-5-14/h6-7,11,14,16,19,22-24H,1-5,8-10,12-13H2. The number of aliphatic hydroxyl groups is 1. The summed E-state index contributed by atoms with van der Waals surface area (Å²) >= 11 is 0. The fourth-order valence-corrected chi connectivity index (χ4v) is 4.96. The molecule has 4 nitrogen and oxygen atoms in total. The molecular formula is C20H29NO3. The smallest absolute Gasteiger partial charge is 0.157 e. The van der Waals surface area contributed by atoms with Crippen molar-refractivity contribution in [1.82, 2.24) is 4.90 Å². The number of piperidine rings is 1. The van der Waals surface area contributed by atoms with Crippen LogP contribution in [0.25, 0.3) is 0 Å². The number of fused-ring (bicyclic) bond motifs is 1. The molecule has 2 saturated carbocycles. The van der Waals surface area contributed by atoms with Crippen LogP contribution in [-0.2, 0) is 6.42 Å². The molecule has 4 heteroatoms. The van der Waals surface area contributed by atoms with Crippen molar-refractivity contribution in [1.29, 1.82) is 0 Å². The number of aromatic hydroxyl groups is 2. The Kier molecular flexibility index (Phi) is 4.21. The largest absolute Gasteiger partial charge is 0.504 e. The molecule has 1 aromatic rings. The van der Waals surface area contributed by atoms with Gasteiger partial charge in [-0.05, 0) is 74.6 Å². The SMILES string of the molecule is Oc1ccc(CC2N(CC3CC3)CCC3CCCCC32O)cc1O. The van der Waals surface area contributed by atoms with Crippen LogP contribution in [0.3, 0.4) is 0 Å². The number of hydrogen-bond donors (Lipinski definition) is 3. The van der Waals surface area contributed by atoms with E-state index in [0.29, 0.717) is 5.92 Å². The summed E-state index contributed by atoms with van der Waals surface area (Å²) in [6.07, 6.45) is 8.90. The van der Waals surface area contributed by atoms with Crippen LogP contribution in [0.1, 0.15) is 50.5 Å². The first-order chi connectivity index (χ1) is 11.6. The molecule has 3 aliphatic rings. The van der Waals surface area contributed by atoms with Crippen LogP contribution in [-0.4, -0.2) is 45.0 Å². The van der Waals surface area contributed by atoms with E-state index in [4.69, 9.17) is 0 Å². The predicted octanol–water partition coefficient (Wildman–Crippen LogP) is 3.05. The van der Waals surface area contributed by atoms with E-state index in [1.165, 1.54) is 19.3 Å². The van der Waals surface area contributed by atoms with E-state index < -0.39 is 5.60 Å². The van der Waals surface area contributed by atoms with Gasteiger partial charge in [0.15, 0.2) is 11.5 Å². The summed E-state index contributed by atoms with van der Waals surface area (Å²) in [7, 11) is 0. The number of phenolic OH excluding ortho intramolecular Hbond substituents is 2. The van der Waals surface area contributed by atoms with E-state index in [-0.39, 0.29) is 17.5 Å². The molecule has 2 aliphatic carbocycles. The van der Waals surface area contributed by atoms with Crippen molar-refractivity contribution in [3.05, 3.63) is 23.8 Å². The first-order valence-electron chi connectivity index (χ1n) is 9.53. The van der Waals surface area contributed by atoms with E-state index in [0.717, 1.165) is 56.7 Å². The van der Waals surface area contributed by atoms with Gasteiger partial charge >= 0.3 is 0 Å². The third-order valence-corrected chi connectivity index (χ3v) is 6.53. The maximum absolute atomic E-state index is 11.6. The molecule has 3 fully saturated rings.